The van der Waals surface area contributed by atoms with Crippen LogP contribution in [0.25, 0.3) is 0 Å². The maximum absolute atomic E-state index is 12.3. The molecule has 0 radical (unpaired) electrons. The van der Waals surface area contributed by atoms with Crippen LogP contribution >= 0.6 is 38.2 Å². The lowest BCUT2D eigenvalue weighted by Crippen LogP contribution is -2.28. The minimum absolute atomic E-state index is 0.0824. The van der Waals surface area contributed by atoms with Gasteiger partial charge in [-0.05, 0) is 34.5 Å². The van der Waals surface area contributed by atoms with E-state index in [2.05, 4.69) is 15.9 Å². The Morgan fingerprint density at radius 1 is 1.43 bits per heavy atom. The number of rotatable bonds is 6. The van der Waals surface area contributed by atoms with Gasteiger partial charge in [-0.15, -0.1) is 0 Å². The largest absolute Gasteiger partial charge is 0.385 e. The number of ether oxygens (including phenoxy) is 1. The Bertz CT molecular complexity index is 636. The molecule has 0 N–H and O–H groups in total. The highest BCUT2D eigenvalue weighted by Crippen LogP contribution is 2.31. The average Bonchev–Trinajstić information content (AvgIpc) is 2.36. The first-order chi connectivity index (χ1) is 9.68. The van der Waals surface area contributed by atoms with Crippen molar-refractivity contribution < 1.29 is 17.9 Å². The maximum atomic E-state index is 12.3. The van der Waals surface area contributed by atoms with Gasteiger partial charge in [0.25, 0.3) is 15.0 Å². The van der Waals surface area contributed by atoms with Crippen LogP contribution in [0.15, 0.2) is 21.5 Å². The fourth-order valence-electron chi connectivity index (χ4n) is 1.63. The molecule has 1 aromatic rings. The molecule has 0 fully saturated rings. The van der Waals surface area contributed by atoms with Gasteiger partial charge in [0.2, 0.25) is 0 Å². The Hall–Kier alpha value is -0.340. The zero-order valence-corrected chi connectivity index (χ0v) is 15.3. The number of halogens is 3. The normalized spacial score (nSPS) is 11.5. The van der Waals surface area contributed by atoms with E-state index in [0.717, 1.165) is 0 Å². The molecule has 21 heavy (non-hydrogen) atoms. The molecule has 0 heterocycles. The van der Waals surface area contributed by atoms with E-state index in [1.54, 1.807) is 14.2 Å². The van der Waals surface area contributed by atoms with E-state index < -0.39 is 9.05 Å². The summed E-state index contributed by atoms with van der Waals surface area (Å²) in [4.78, 5) is 13.5. The first-order valence-corrected chi connectivity index (χ1v) is 9.34. The smallest absolute Gasteiger partial charge is 0.262 e. The summed E-state index contributed by atoms with van der Waals surface area (Å²) >= 11 is 9.08. The van der Waals surface area contributed by atoms with Crippen LogP contribution < -0.4 is 0 Å². The fourth-order valence-corrected chi connectivity index (χ4v) is 4.21. The Balaban J connectivity index is 3.10. The van der Waals surface area contributed by atoms with Crippen LogP contribution in [0.2, 0.25) is 5.02 Å². The summed E-state index contributed by atoms with van der Waals surface area (Å²) in [5, 5.41) is 0.148. The Labute approximate surface area is 141 Å². The van der Waals surface area contributed by atoms with E-state index in [1.165, 1.54) is 17.0 Å². The van der Waals surface area contributed by atoms with Gasteiger partial charge < -0.3 is 9.64 Å². The highest BCUT2D eigenvalue weighted by atomic mass is 79.9. The standard InChI is InChI=1S/C12H14BrCl2NO4S/c1-16(4-3-5-20-2)12(17)8-6-11(21(15,18)19)9(13)7-10(8)14/h6-7H,3-5H2,1-2H3. The van der Waals surface area contributed by atoms with Gasteiger partial charge in [-0.1, -0.05) is 11.6 Å². The second kappa shape index (κ2) is 7.78. The number of nitrogens with zero attached hydrogens (tertiary/aromatic N) is 1. The van der Waals surface area contributed by atoms with Crippen LogP contribution in [-0.2, 0) is 13.8 Å². The van der Waals surface area contributed by atoms with E-state index in [1.807, 2.05) is 0 Å². The number of benzene rings is 1. The third-order valence-corrected chi connectivity index (χ3v) is 5.30. The lowest BCUT2D eigenvalue weighted by Gasteiger charge is -2.18. The highest BCUT2D eigenvalue weighted by Gasteiger charge is 2.22. The molecule has 0 saturated heterocycles. The minimum atomic E-state index is -3.98. The first kappa shape index (κ1) is 18.7. The molecule has 0 saturated carbocycles. The molecular formula is C12H14BrCl2NO4S. The van der Waals surface area contributed by atoms with Crippen molar-refractivity contribution in [2.75, 3.05) is 27.3 Å². The molecule has 0 aliphatic carbocycles. The van der Waals surface area contributed by atoms with Crippen LogP contribution in [0.1, 0.15) is 16.8 Å². The van der Waals surface area contributed by atoms with Crippen molar-refractivity contribution in [3.63, 3.8) is 0 Å². The van der Waals surface area contributed by atoms with Crippen LogP contribution in [0, 0.1) is 0 Å². The molecule has 9 heteroatoms. The van der Waals surface area contributed by atoms with E-state index in [-0.39, 0.29) is 25.9 Å². The summed E-state index contributed by atoms with van der Waals surface area (Å²) in [7, 11) is 4.53. The molecule has 0 aliphatic heterocycles. The summed E-state index contributed by atoms with van der Waals surface area (Å²) in [5.74, 6) is -0.384. The highest BCUT2D eigenvalue weighted by molar-refractivity contribution is 9.10. The Kier molecular flexibility index (Phi) is 6.93. The van der Waals surface area contributed by atoms with E-state index in [4.69, 9.17) is 27.0 Å². The van der Waals surface area contributed by atoms with Crippen molar-refractivity contribution in [2.24, 2.45) is 0 Å². The predicted molar refractivity (Wildman–Crippen MR) is 85.6 cm³/mol. The van der Waals surface area contributed by atoms with Crippen LogP contribution in [-0.4, -0.2) is 46.5 Å². The van der Waals surface area contributed by atoms with E-state index in [9.17, 15) is 13.2 Å². The fraction of sp³-hybridized carbons (Fsp3) is 0.417. The number of hydrogen-bond acceptors (Lipinski definition) is 4. The number of carbonyl (C=O) groups is 1. The van der Waals surface area contributed by atoms with Crippen molar-refractivity contribution in [1.29, 1.82) is 0 Å². The Morgan fingerprint density at radius 2 is 2.05 bits per heavy atom. The lowest BCUT2D eigenvalue weighted by molar-refractivity contribution is 0.0779. The molecule has 0 bridgehead atoms. The molecule has 0 unspecified atom stereocenters. The SMILES string of the molecule is COCCCN(C)C(=O)c1cc(S(=O)(=O)Cl)c(Br)cc1Cl. The summed E-state index contributed by atoms with van der Waals surface area (Å²) < 4.78 is 28.1. The predicted octanol–water partition coefficient (Wildman–Crippen LogP) is 3.14. The molecular weight excluding hydrogens is 405 g/mol. The van der Waals surface area contributed by atoms with Crippen LogP contribution in [0.4, 0.5) is 0 Å². The minimum Gasteiger partial charge on any atom is -0.385 e. The summed E-state index contributed by atoms with van der Waals surface area (Å²) in [6, 6.07) is 2.51. The summed E-state index contributed by atoms with van der Waals surface area (Å²) in [6.45, 7) is 0.981. The van der Waals surface area contributed by atoms with Gasteiger partial charge in [0.05, 0.1) is 15.5 Å². The summed E-state index contributed by atoms with van der Waals surface area (Å²) in [5.41, 5.74) is 0.0824. The lowest BCUT2D eigenvalue weighted by atomic mass is 10.2. The molecule has 0 aliphatic rings. The molecule has 1 aromatic carbocycles. The summed E-state index contributed by atoms with van der Waals surface area (Å²) in [6.07, 6.45) is 0.660. The number of carbonyl (C=O) groups excluding carboxylic acids is 1. The quantitative estimate of drug-likeness (QED) is 0.525. The first-order valence-electron chi connectivity index (χ1n) is 5.86. The molecule has 1 amide bonds. The van der Waals surface area contributed by atoms with Gasteiger partial charge in [0, 0.05) is 42.5 Å². The second-order valence-corrected chi connectivity index (χ2v) is 8.07. The monoisotopic (exact) mass is 417 g/mol. The van der Waals surface area contributed by atoms with Gasteiger partial charge in [0.15, 0.2) is 0 Å². The van der Waals surface area contributed by atoms with Gasteiger partial charge in [0.1, 0.15) is 0 Å². The zero-order valence-electron chi connectivity index (χ0n) is 11.4. The van der Waals surface area contributed by atoms with Crippen LogP contribution in [0.3, 0.4) is 0 Å². The van der Waals surface area contributed by atoms with Gasteiger partial charge >= 0.3 is 0 Å². The third kappa shape index (κ3) is 5.10. The zero-order chi connectivity index (χ0) is 16.2. The average molecular weight is 419 g/mol. The van der Waals surface area contributed by atoms with E-state index in [0.29, 0.717) is 19.6 Å². The van der Waals surface area contributed by atoms with Gasteiger partial charge in [-0.25, -0.2) is 8.42 Å². The maximum Gasteiger partial charge on any atom is 0.262 e. The molecule has 118 valence electrons. The number of methoxy groups -OCH3 is 1. The molecule has 5 nitrogen and oxygen atoms in total. The number of hydrogen-bond donors (Lipinski definition) is 0. The van der Waals surface area contributed by atoms with Crippen molar-refractivity contribution in [1.82, 2.24) is 4.90 Å². The molecule has 1 rings (SSSR count). The number of amides is 1. The second-order valence-electron chi connectivity index (χ2n) is 4.27. The van der Waals surface area contributed by atoms with Crippen molar-refractivity contribution in [2.45, 2.75) is 11.3 Å². The van der Waals surface area contributed by atoms with Crippen molar-refractivity contribution in [3.8, 4) is 0 Å². The molecule has 0 spiro atoms. The van der Waals surface area contributed by atoms with Gasteiger partial charge in [-0.2, -0.15) is 0 Å². The molecule has 0 atom stereocenters. The van der Waals surface area contributed by atoms with Crippen molar-refractivity contribution >= 4 is 53.2 Å². The topological polar surface area (TPSA) is 63.7 Å². The van der Waals surface area contributed by atoms with Gasteiger partial charge in [-0.3, -0.25) is 4.79 Å². The van der Waals surface area contributed by atoms with Crippen molar-refractivity contribution in [3.05, 3.63) is 27.2 Å². The Morgan fingerprint density at radius 3 is 2.57 bits per heavy atom. The van der Waals surface area contributed by atoms with Crippen LogP contribution in [0.5, 0.6) is 0 Å². The third-order valence-electron chi connectivity index (χ3n) is 2.70. The molecule has 0 aromatic heterocycles. The van der Waals surface area contributed by atoms with E-state index >= 15 is 0 Å².